The van der Waals surface area contributed by atoms with Crippen molar-refractivity contribution in [3.05, 3.63) is 58.7 Å². The Morgan fingerprint density at radius 3 is 2.24 bits per heavy atom. The van der Waals surface area contributed by atoms with Crippen LogP contribution in [0.25, 0.3) is 0 Å². The van der Waals surface area contributed by atoms with Crippen molar-refractivity contribution in [2.75, 3.05) is 19.0 Å². The van der Waals surface area contributed by atoms with Crippen LogP contribution in [0, 0.1) is 0 Å². The van der Waals surface area contributed by atoms with E-state index in [0.29, 0.717) is 18.8 Å². The summed E-state index contributed by atoms with van der Waals surface area (Å²) in [5, 5.41) is 3.10. The molecule has 2 rings (SSSR count). The highest BCUT2D eigenvalue weighted by atomic mass is 16.5. The van der Waals surface area contributed by atoms with Gasteiger partial charge in [-0.3, -0.25) is 4.79 Å². The highest BCUT2D eigenvalue weighted by molar-refractivity contribution is 6.05. The first-order chi connectivity index (χ1) is 12.1. The molecule has 2 aromatic rings. The number of amides is 1. The van der Waals surface area contributed by atoms with Crippen LogP contribution in [-0.2, 0) is 24.2 Å². The average molecular weight is 341 g/mol. The number of rotatable bonds is 8. The standard InChI is InChI=1S/C21H27NO3/c1-5-15-9-8-10-16(6-2)20(15)22-21(23)17-11-12-19(24-4)18(13-17)14-25-7-3/h8-13H,5-7,14H2,1-4H3,(H,22,23). The minimum atomic E-state index is -0.115. The van der Waals surface area contributed by atoms with Gasteiger partial charge in [0.25, 0.3) is 5.91 Å². The van der Waals surface area contributed by atoms with Gasteiger partial charge >= 0.3 is 0 Å². The minimum Gasteiger partial charge on any atom is -0.496 e. The molecule has 0 fully saturated rings. The van der Waals surface area contributed by atoms with Crippen LogP contribution < -0.4 is 10.1 Å². The van der Waals surface area contributed by atoms with Gasteiger partial charge in [0.15, 0.2) is 0 Å². The fraction of sp³-hybridized carbons (Fsp3) is 0.381. The van der Waals surface area contributed by atoms with Gasteiger partial charge in [-0.05, 0) is 49.1 Å². The van der Waals surface area contributed by atoms with E-state index in [9.17, 15) is 4.79 Å². The van der Waals surface area contributed by atoms with Crippen molar-refractivity contribution < 1.29 is 14.3 Å². The zero-order chi connectivity index (χ0) is 18.2. The zero-order valence-electron chi connectivity index (χ0n) is 15.5. The molecule has 4 nitrogen and oxygen atoms in total. The first-order valence-electron chi connectivity index (χ1n) is 8.81. The number of para-hydroxylation sites is 1. The number of aryl methyl sites for hydroxylation is 2. The molecule has 4 heteroatoms. The molecule has 0 spiro atoms. The number of benzene rings is 2. The van der Waals surface area contributed by atoms with Crippen LogP contribution in [0.3, 0.4) is 0 Å². The monoisotopic (exact) mass is 341 g/mol. The normalized spacial score (nSPS) is 10.6. The second kappa shape index (κ2) is 9.23. The predicted octanol–water partition coefficient (Wildman–Crippen LogP) is 4.61. The van der Waals surface area contributed by atoms with E-state index in [0.717, 1.165) is 41.0 Å². The summed E-state index contributed by atoms with van der Waals surface area (Å²) in [6.07, 6.45) is 1.75. The van der Waals surface area contributed by atoms with Crippen molar-refractivity contribution in [3.8, 4) is 5.75 Å². The van der Waals surface area contributed by atoms with Crippen LogP contribution in [0.15, 0.2) is 36.4 Å². The maximum absolute atomic E-state index is 12.8. The predicted molar refractivity (Wildman–Crippen MR) is 101 cm³/mol. The summed E-state index contributed by atoms with van der Waals surface area (Å²) >= 11 is 0. The fourth-order valence-corrected chi connectivity index (χ4v) is 2.83. The molecule has 0 aliphatic rings. The molecule has 0 aliphatic heterocycles. The Bertz CT molecular complexity index is 703. The maximum atomic E-state index is 12.8. The average Bonchev–Trinajstić information content (AvgIpc) is 2.66. The van der Waals surface area contributed by atoms with E-state index in [1.807, 2.05) is 25.1 Å². The van der Waals surface area contributed by atoms with Crippen LogP contribution in [0.5, 0.6) is 5.75 Å². The van der Waals surface area contributed by atoms with Gasteiger partial charge in [-0.2, -0.15) is 0 Å². The molecule has 0 saturated heterocycles. The molecule has 0 heterocycles. The summed E-state index contributed by atoms with van der Waals surface area (Å²) in [4.78, 5) is 12.8. The molecule has 1 N–H and O–H groups in total. The lowest BCUT2D eigenvalue weighted by molar-refractivity contribution is 0.102. The lowest BCUT2D eigenvalue weighted by Gasteiger charge is -2.15. The van der Waals surface area contributed by atoms with Gasteiger partial charge in [0.2, 0.25) is 0 Å². The van der Waals surface area contributed by atoms with Gasteiger partial charge < -0.3 is 14.8 Å². The van der Waals surface area contributed by atoms with Gasteiger partial charge in [-0.1, -0.05) is 32.0 Å². The molecule has 0 bridgehead atoms. The van der Waals surface area contributed by atoms with Crippen molar-refractivity contribution in [1.29, 1.82) is 0 Å². The van der Waals surface area contributed by atoms with Crippen LogP contribution in [0.1, 0.15) is 47.8 Å². The summed E-state index contributed by atoms with van der Waals surface area (Å²) in [5.41, 5.74) is 4.70. The molecule has 25 heavy (non-hydrogen) atoms. The Balaban J connectivity index is 2.30. The summed E-state index contributed by atoms with van der Waals surface area (Å²) in [5.74, 6) is 0.615. The molecule has 0 radical (unpaired) electrons. The van der Waals surface area contributed by atoms with Gasteiger partial charge in [0.1, 0.15) is 5.75 Å². The quantitative estimate of drug-likeness (QED) is 0.763. The van der Waals surface area contributed by atoms with E-state index in [4.69, 9.17) is 9.47 Å². The van der Waals surface area contributed by atoms with E-state index >= 15 is 0 Å². The smallest absolute Gasteiger partial charge is 0.255 e. The first kappa shape index (κ1) is 19.0. The maximum Gasteiger partial charge on any atom is 0.255 e. The van der Waals surface area contributed by atoms with E-state index in [1.54, 1.807) is 13.2 Å². The van der Waals surface area contributed by atoms with Crippen molar-refractivity contribution in [2.45, 2.75) is 40.2 Å². The van der Waals surface area contributed by atoms with Crippen LogP contribution in [0.2, 0.25) is 0 Å². The summed E-state index contributed by atoms with van der Waals surface area (Å²) in [7, 11) is 1.62. The molecule has 0 unspecified atom stereocenters. The van der Waals surface area contributed by atoms with Gasteiger partial charge in [-0.15, -0.1) is 0 Å². The largest absolute Gasteiger partial charge is 0.496 e. The number of hydrogen-bond donors (Lipinski definition) is 1. The lowest BCUT2D eigenvalue weighted by Crippen LogP contribution is -2.15. The number of ether oxygens (including phenoxy) is 2. The Morgan fingerprint density at radius 2 is 1.68 bits per heavy atom. The Hall–Kier alpha value is -2.33. The van der Waals surface area contributed by atoms with E-state index in [1.165, 1.54) is 0 Å². The summed E-state index contributed by atoms with van der Waals surface area (Å²) in [6.45, 7) is 7.17. The van der Waals surface area contributed by atoms with Crippen LogP contribution >= 0.6 is 0 Å². The van der Waals surface area contributed by atoms with Crippen LogP contribution in [0.4, 0.5) is 5.69 Å². The number of carbonyl (C=O) groups excluding carboxylic acids is 1. The van der Waals surface area contributed by atoms with Crippen molar-refractivity contribution >= 4 is 11.6 Å². The zero-order valence-corrected chi connectivity index (χ0v) is 15.5. The number of anilines is 1. The molecule has 0 aliphatic carbocycles. The third-order valence-corrected chi connectivity index (χ3v) is 4.24. The molecular weight excluding hydrogens is 314 g/mol. The number of carbonyl (C=O) groups is 1. The molecule has 1 amide bonds. The van der Waals surface area contributed by atoms with E-state index in [2.05, 4.69) is 31.3 Å². The summed E-state index contributed by atoms with van der Waals surface area (Å²) in [6, 6.07) is 11.6. The van der Waals surface area contributed by atoms with Crippen molar-refractivity contribution in [2.24, 2.45) is 0 Å². The number of hydrogen-bond acceptors (Lipinski definition) is 3. The lowest BCUT2D eigenvalue weighted by atomic mass is 10.0. The molecular formula is C21H27NO3. The minimum absolute atomic E-state index is 0.115. The number of methoxy groups -OCH3 is 1. The highest BCUT2D eigenvalue weighted by Crippen LogP contribution is 2.25. The first-order valence-corrected chi connectivity index (χ1v) is 8.81. The van der Waals surface area contributed by atoms with E-state index < -0.39 is 0 Å². The van der Waals surface area contributed by atoms with E-state index in [-0.39, 0.29) is 5.91 Å². The van der Waals surface area contributed by atoms with Gasteiger partial charge in [0, 0.05) is 23.4 Å². The van der Waals surface area contributed by atoms with Gasteiger partial charge in [-0.25, -0.2) is 0 Å². The second-order valence-corrected chi connectivity index (χ2v) is 5.78. The SMILES string of the molecule is CCOCc1cc(C(=O)Nc2c(CC)cccc2CC)ccc1OC. The Morgan fingerprint density at radius 1 is 1.00 bits per heavy atom. The summed E-state index contributed by atoms with van der Waals surface area (Å²) < 4.78 is 10.8. The molecule has 0 atom stereocenters. The van der Waals surface area contributed by atoms with Crippen molar-refractivity contribution in [1.82, 2.24) is 0 Å². The third kappa shape index (κ3) is 4.60. The van der Waals surface area contributed by atoms with Crippen LogP contribution in [-0.4, -0.2) is 19.6 Å². The fourth-order valence-electron chi connectivity index (χ4n) is 2.83. The second-order valence-electron chi connectivity index (χ2n) is 5.78. The Kier molecular flexibility index (Phi) is 7.02. The number of nitrogens with one attached hydrogen (secondary N) is 1. The molecule has 134 valence electrons. The topological polar surface area (TPSA) is 47.6 Å². The van der Waals surface area contributed by atoms with Gasteiger partial charge in [0.05, 0.1) is 13.7 Å². The molecule has 0 saturated carbocycles. The highest BCUT2D eigenvalue weighted by Gasteiger charge is 2.14. The molecule has 0 aromatic heterocycles. The van der Waals surface area contributed by atoms with Crippen molar-refractivity contribution in [3.63, 3.8) is 0 Å². The third-order valence-electron chi connectivity index (χ3n) is 4.24. The molecule has 2 aromatic carbocycles. The Labute approximate surface area is 150 Å².